The van der Waals surface area contributed by atoms with Gasteiger partial charge in [-0.25, -0.2) is 0 Å². The van der Waals surface area contributed by atoms with E-state index in [0.29, 0.717) is 5.92 Å². The van der Waals surface area contributed by atoms with Gasteiger partial charge in [0.05, 0.1) is 0 Å². The summed E-state index contributed by atoms with van der Waals surface area (Å²) in [5.74, 6) is 0.535. The monoisotopic (exact) mass is 221 g/mol. The van der Waals surface area contributed by atoms with Gasteiger partial charge in [-0.3, -0.25) is 0 Å². The average Bonchev–Trinajstić information content (AvgIpc) is 2.30. The minimum atomic E-state index is 0.535. The molecule has 1 atom stereocenters. The highest BCUT2D eigenvalue weighted by molar-refractivity contribution is 5.25. The van der Waals surface area contributed by atoms with Gasteiger partial charge >= 0.3 is 0 Å². The molecule has 90 valence electrons. The van der Waals surface area contributed by atoms with Gasteiger partial charge in [-0.2, -0.15) is 0 Å². The SMILES string of the molecule is CCOCCC(CN)Cc1ccccc1C. The normalized spacial score (nSPS) is 12.7. The molecule has 0 aromatic heterocycles. The summed E-state index contributed by atoms with van der Waals surface area (Å²) in [6.07, 6.45) is 2.12. The second-order valence-electron chi connectivity index (χ2n) is 4.22. The van der Waals surface area contributed by atoms with Crippen LogP contribution < -0.4 is 5.73 Å². The van der Waals surface area contributed by atoms with Crippen LogP contribution in [0.3, 0.4) is 0 Å². The van der Waals surface area contributed by atoms with Crippen molar-refractivity contribution >= 4 is 0 Å². The second-order valence-corrected chi connectivity index (χ2v) is 4.22. The highest BCUT2D eigenvalue weighted by Gasteiger charge is 2.09. The molecule has 0 saturated heterocycles. The fourth-order valence-corrected chi connectivity index (χ4v) is 1.85. The lowest BCUT2D eigenvalue weighted by Gasteiger charge is -2.16. The van der Waals surface area contributed by atoms with Crippen molar-refractivity contribution in [3.63, 3.8) is 0 Å². The number of nitrogens with two attached hydrogens (primary N) is 1. The summed E-state index contributed by atoms with van der Waals surface area (Å²) < 4.78 is 5.38. The molecule has 2 heteroatoms. The van der Waals surface area contributed by atoms with Crippen molar-refractivity contribution in [2.24, 2.45) is 11.7 Å². The Labute approximate surface area is 98.8 Å². The summed E-state index contributed by atoms with van der Waals surface area (Å²) >= 11 is 0. The third-order valence-corrected chi connectivity index (χ3v) is 2.98. The van der Waals surface area contributed by atoms with E-state index < -0.39 is 0 Å². The molecule has 2 nitrogen and oxygen atoms in total. The maximum absolute atomic E-state index is 5.80. The predicted molar refractivity (Wildman–Crippen MR) is 68.5 cm³/mol. The molecule has 0 amide bonds. The fraction of sp³-hybridized carbons (Fsp3) is 0.571. The van der Waals surface area contributed by atoms with Gasteiger partial charge < -0.3 is 10.5 Å². The van der Waals surface area contributed by atoms with E-state index in [1.165, 1.54) is 11.1 Å². The molecule has 1 aromatic carbocycles. The van der Waals surface area contributed by atoms with Gasteiger partial charge in [0.2, 0.25) is 0 Å². The first kappa shape index (κ1) is 13.2. The van der Waals surface area contributed by atoms with E-state index in [1.807, 2.05) is 6.92 Å². The molecule has 0 aliphatic carbocycles. The number of hydrogen-bond donors (Lipinski definition) is 1. The van der Waals surface area contributed by atoms with Gasteiger partial charge in [0, 0.05) is 13.2 Å². The molecule has 0 aliphatic heterocycles. The van der Waals surface area contributed by atoms with E-state index in [4.69, 9.17) is 10.5 Å². The van der Waals surface area contributed by atoms with E-state index in [1.54, 1.807) is 0 Å². The Hall–Kier alpha value is -0.860. The highest BCUT2D eigenvalue weighted by Crippen LogP contribution is 2.15. The largest absolute Gasteiger partial charge is 0.382 e. The Morgan fingerprint density at radius 1 is 1.31 bits per heavy atom. The molecule has 0 saturated carbocycles. The van der Waals surface area contributed by atoms with E-state index in [2.05, 4.69) is 31.2 Å². The van der Waals surface area contributed by atoms with Gasteiger partial charge in [-0.05, 0) is 50.3 Å². The van der Waals surface area contributed by atoms with E-state index >= 15 is 0 Å². The zero-order valence-corrected chi connectivity index (χ0v) is 10.4. The van der Waals surface area contributed by atoms with Crippen LogP contribution in [0.5, 0.6) is 0 Å². The Morgan fingerprint density at radius 2 is 2.06 bits per heavy atom. The Kier molecular flexibility index (Phi) is 6.12. The number of aryl methyl sites for hydroxylation is 1. The van der Waals surface area contributed by atoms with E-state index in [-0.39, 0.29) is 0 Å². The average molecular weight is 221 g/mol. The van der Waals surface area contributed by atoms with Crippen molar-refractivity contribution in [3.05, 3.63) is 35.4 Å². The van der Waals surface area contributed by atoms with Crippen molar-refractivity contribution in [2.45, 2.75) is 26.7 Å². The van der Waals surface area contributed by atoms with Gasteiger partial charge in [0.25, 0.3) is 0 Å². The summed E-state index contributed by atoms with van der Waals surface area (Å²) in [6.45, 7) is 6.54. The second kappa shape index (κ2) is 7.42. The molecular weight excluding hydrogens is 198 g/mol. The molecule has 0 radical (unpaired) electrons. The molecule has 1 aromatic rings. The lowest BCUT2D eigenvalue weighted by atomic mass is 9.94. The molecule has 0 bridgehead atoms. The van der Waals surface area contributed by atoms with Crippen LogP contribution in [-0.4, -0.2) is 19.8 Å². The molecule has 0 heterocycles. The van der Waals surface area contributed by atoms with Crippen molar-refractivity contribution < 1.29 is 4.74 Å². The third-order valence-electron chi connectivity index (χ3n) is 2.98. The lowest BCUT2D eigenvalue weighted by Crippen LogP contribution is -2.19. The smallest absolute Gasteiger partial charge is 0.0469 e. The first-order valence-corrected chi connectivity index (χ1v) is 6.10. The molecule has 0 spiro atoms. The predicted octanol–water partition coefficient (Wildman–Crippen LogP) is 2.54. The van der Waals surface area contributed by atoms with Crippen molar-refractivity contribution in [3.8, 4) is 0 Å². The first-order valence-electron chi connectivity index (χ1n) is 6.10. The van der Waals surface area contributed by atoms with Crippen LogP contribution in [0.15, 0.2) is 24.3 Å². The number of hydrogen-bond acceptors (Lipinski definition) is 2. The third kappa shape index (κ3) is 4.33. The van der Waals surface area contributed by atoms with Gasteiger partial charge in [0.15, 0.2) is 0 Å². The highest BCUT2D eigenvalue weighted by atomic mass is 16.5. The fourth-order valence-electron chi connectivity index (χ4n) is 1.85. The zero-order valence-electron chi connectivity index (χ0n) is 10.4. The minimum Gasteiger partial charge on any atom is -0.382 e. The Bertz CT molecular complexity index is 299. The number of benzene rings is 1. The van der Waals surface area contributed by atoms with Gasteiger partial charge in [-0.1, -0.05) is 24.3 Å². The van der Waals surface area contributed by atoms with Crippen LogP contribution >= 0.6 is 0 Å². The number of ether oxygens (including phenoxy) is 1. The summed E-state index contributed by atoms with van der Waals surface area (Å²) in [4.78, 5) is 0. The lowest BCUT2D eigenvalue weighted by molar-refractivity contribution is 0.132. The van der Waals surface area contributed by atoms with Crippen LogP contribution in [0, 0.1) is 12.8 Å². The maximum atomic E-state index is 5.80. The quantitative estimate of drug-likeness (QED) is 0.718. The zero-order chi connectivity index (χ0) is 11.8. The standard InChI is InChI=1S/C14H23NO/c1-3-16-9-8-13(11-15)10-14-7-5-4-6-12(14)2/h4-7,13H,3,8-11,15H2,1-2H3. The molecule has 16 heavy (non-hydrogen) atoms. The van der Waals surface area contributed by atoms with Crippen LogP contribution in [0.4, 0.5) is 0 Å². The van der Waals surface area contributed by atoms with Crippen LogP contribution in [-0.2, 0) is 11.2 Å². The van der Waals surface area contributed by atoms with Crippen LogP contribution in [0.1, 0.15) is 24.5 Å². The summed E-state index contributed by atoms with van der Waals surface area (Å²) in [6, 6.07) is 8.53. The topological polar surface area (TPSA) is 35.2 Å². The summed E-state index contributed by atoms with van der Waals surface area (Å²) in [5.41, 5.74) is 8.57. The number of rotatable bonds is 7. The van der Waals surface area contributed by atoms with E-state index in [9.17, 15) is 0 Å². The molecule has 0 fully saturated rings. The van der Waals surface area contributed by atoms with Crippen molar-refractivity contribution in [1.82, 2.24) is 0 Å². The molecule has 1 unspecified atom stereocenters. The summed E-state index contributed by atoms with van der Waals surface area (Å²) in [7, 11) is 0. The first-order chi connectivity index (χ1) is 7.77. The molecule has 0 aliphatic rings. The van der Waals surface area contributed by atoms with Gasteiger partial charge in [0.1, 0.15) is 0 Å². The van der Waals surface area contributed by atoms with Crippen LogP contribution in [0.2, 0.25) is 0 Å². The summed E-state index contributed by atoms with van der Waals surface area (Å²) in [5, 5.41) is 0. The van der Waals surface area contributed by atoms with Crippen molar-refractivity contribution in [2.75, 3.05) is 19.8 Å². The van der Waals surface area contributed by atoms with Gasteiger partial charge in [-0.15, -0.1) is 0 Å². The maximum Gasteiger partial charge on any atom is 0.0469 e. The Morgan fingerprint density at radius 3 is 2.69 bits per heavy atom. The van der Waals surface area contributed by atoms with E-state index in [0.717, 1.165) is 32.6 Å². The van der Waals surface area contributed by atoms with Crippen LogP contribution in [0.25, 0.3) is 0 Å². The molecule has 2 N–H and O–H groups in total. The minimum absolute atomic E-state index is 0.535. The van der Waals surface area contributed by atoms with Crippen molar-refractivity contribution in [1.29, 1.82) is 0 Å². The molecular formula is C14H23NO. The Balaban J connectivity index is 2.46. The molecule has 1 rings (SSSR count).